The highest BCUT2D eigenvalue weighted by Gasteiger charge is 2.76. The molecule has 5 rings (SSSR count). The maximum absolute atomic E-state index is 14.5. The molecule has 44 heavy (non-hydrogen) atoms. The van der Waals surface area contributed by atoms with Gasteiger partial charge in [-0.1, -0.05) is 71.1 Å². The predicted octanol–water partition coefficient (Wildman–Crippen LogP) is 4.92. The van der Waals surface area contributed by atoms with Crippen molar-refractivity contribution >= 4 is 28.9 Å². The number of carbonyl (C=O) groups excluding carboxylic acids is 5. The minimum atomic E-state index is -2.72. The average molecular weight is 597 g/mol. The second kappa shape index (κ2) is 10.3. The Morgan fingerprint density at radius 2 is 1.59 bits per heavy atom. The standard InChI is InChI=1S/C37H40O7/c1-18(2)24-15-23(14-13-22-11-9-20(5)10-12-22)30(39)27-25(24)16-35(7)17-36(8)28(19(3)4)31(40)26(21(6)38)33(42)37(36,44)34(43)29(35)32(27)41/h9-12,15,18-19,26,28-29,39,44H,16-17H2,1-8H3/t26?,28?,29?,35-,36-,37+/m1/s1. The lowest BCUT2D eigenvalue weighted by Gasteiger charge is -2.62. The molecule has 3 aliphatic rings. The summed E-state index contributed by atoms with van der Waals surface area (Å²) in [7, 11) is 0. The molecule has 0 heterocycles. The Morgan fingerprint density at radius 1 is 0.977 bits per heavy atom. The first-order chi connectivity index (χ1) is 20.4. The van der Waals surface area contributed by atoms with Crippen LogP contribution in [0.2, 0.25) is 0 Å². The summed E-state index contributed by atoms with van der Waals surface area (Å²) in [4.78, 5) is 69.1. The number of fused-ring (bicyclic) bond motifs is 3. The highest BCUT2D eigenvalue weighted by Crippen LogP contribution is 2.64. The maximum Gasteiger partial charge on any atom is 0.190 e. The van der Waals surface area contributed by atoms with Crippen molar-refractivity contribution in [1.82, 2.24) is 0 Å². The van der Waals surface area contributed by atoms with Crippen LogP contribution < -0.4 is 0 Å². The number of aliphatic hydroxyl groups is 1. The van der Waals surface area contributed by atoms with Crippen LogP contribution in [0.3, 0.4) is 0 Å². The summed E-state index contributed by atoms with van der Waals surface area (Å²) in [5.41, 5.74) is -1.87. The van der Waals surface area contributed by atoms with Gasteiger partial charge in [-0.05, 0) is 73.3 Å². The third-order valence-electron chi connectivity index (χ3n) is 10.4. The van der Waals surface area contributed by atoms with Gasteiger partial charge in [-0.2, -0.15) is 0 Å². The van der Waals surface area contributed by atoms with Crippen LogP contribution in [-0.4, -0.2) is 44.7 Å². The Bertz CT molecular complexity index is 1700. The molecule has 3 aliphatic carbocycles. The fourth-order valence-electron chi connectivity index (χ4n) is 8.62. The Hall–Kier alpha value is -3.89. The summed E-state index contributed by atoms with van der Waals surface area (Å²) in [6, 6.07) is 9.37. The Kier molecular flexibility index (Phi) is 7.41. The number of aromatic hydroxyl groups is 1. The van der Waals surface area contributed by atoms with Gasteiger partial charge in [-0.25, -0.2) is 0 Å². The summed E-state index contributed by atoms with van der Waals surface area (Å²) < 4.78 is 0. The van der Waals surface area contributed by atoms with E-state index in [0.717, 1.165) is 23.6 Å². The van der Waals surface area contributed by atoms with Crippen molar-refractivity contribution in [1.29, 1.82) is 0 Å². The van der Waals surface area contributed by atoms with E-state index in [1.54, 1.807) is 33.8 Å². The minimum absolute atomic E-state index is 0.0182. The van der Waals surface area contributed by atoms with E-state index in [1.165, 1.54) is 0 Å². The number of ketones is 5. The van der Waals surface area contributed by atoms with Gasteiger partial charge in [-0.3, -0.25) is 24.0 Å². The number of rotatable bonds is 3. The molecule has 2 aromatic carbocycles. The van der Waals surface area contributed by atoms with Gasteiger partial charge >= 0.3 is 0 Å². The number of hydrogen-bond acceptors (Lipinski definition) is 7. The van der Waals surface area contributed by atoms with Crippen molar-refractivity contribution in [3.05, 3.63) is 63.7 Å². The average Bonchev–Trinajstić information content (AvgIpc) is 2.90. The summed E-state index contributed by atoms with van der Waals surface area (Å²) in [5, 5.41) is 23.7. The molecule has 0 saturated heterocycles. The van der Waals surface area contributed by atoms with Gasteiger partial charge in [0.05, 0.1) is 17.0 Å². The van der Waals surface area contributed by atoms with Crippen LogP contribution in [0.1, 0.15) is 99.0 Å². The second-order valence-electron chi connectivity index (χ2n) is 14.3. The summed E-state index contributed by atoms with van der Waals surface area (Å²) in [6.07, 6.45) is 0.239. The first kappa shape index (κ1) is 31.5. The van der Waals surface area contributed by atoms with E-state index in [9.17, 15) is 34.2 Å². The number of hydrogen-bond donors (Lipinski definition) is 2. The maximum atomic E-state index is 14.5. The van der Waals surface area contributed by atoms with Crippen LogP contribution in [-0.2, 0) is 25.6 Å². The molecule has 0 radical (unpaired) electrons. The summed E-state index contributed by atoms with van der Waals surface area (Å²) >= 11 is 0. The van der Waals surface area contributed by atoms with E-state index in [1.807, 2.05) is 45.0 Å². The summed E-state index contributed by atoms with van der Waals surface area (Å²) in [5.74, 6) is -3.09. The zero-order valence-corrected chi connectivity index (χ0v) is 26.6. The van der Waals surface area contributed by atoms with Crippen LogP contribution >= 0.6 is 0 Å². The Labute approximate surface area is 258 Å². The molecule has 2 aromatic rings. The third-order valence-corrected chi connectivity index (χ3v) is 10.4. The first-order valence-electron chi connectivity index (χ1n) is 15.3. The predicted molar refractivity (Wildman–Crippen MR) is 164 cm³/mol. The lowest BCUT2D eigenvalue weighted by molar-refractivity contribution is -0.205. The fourth-order valence-corrected chi connectivity index (χ4v) is 8.62. The molecular formula is C37H40O7. The van der Waals surface area contributed by atoms with Crippen molar-refractivity contribution in [2.75, 3.05) is 0 Å². The molecule has 0 aromatic heterocycles. The SMILES string of the molecule is CC(=O)C1C(=O)C(C(C)C)[C@@]2(C)C[C@@]3(C)Cc4c(C(C)C)cc(C#Cc5ccc(C)cc5)c(O)c4C(=O)C3C(=O)[C@@]2(O)C1=O. The molecule has 0 amide bonds. The fraction of sp³-hybridized carbons (Fsp3) is 0.486. The molecule has 0 bridgehead atoms. The van der Waals surface area contributed by atoms with E-state index >= 15 is 0 Å². The van der Waals surface area contributed by atoms with Gasteiger partial charge in [0.15, 0.2) is 28.7 Å². The monoisotopic (exact) mass is 596 g/mol. The van der Waals surface area contributed by atoms with Crippen LogP contribution in [0, 0.1) is 53.3 Å². The molecule has 7 heteroatoms. The van der Waals surface area contributed by atoms with Gasteiger partial charge in [0.25, 0.3) is 0 Å². The Balaban J connectivity index is 1.72. The van der Waals surface area contributed by atoms with Crippen molar-refractivity contribution in [3.8, 4) is 17.6 Å². The lowest BCUT2D eigenvalue weighted by Crippen LogP contribution is -2.76. The van der Waals surface area contributed by atoms with Crippen LogP contribution in [0.15, 0.2) is 30.3 Å². The number of phenols is 1. The van der Waals surface area contributed by atoms with E-state index < -0.39 is 69.0 Å². The molecule has 3 unspecified atom stereocenters. The Morgan fingerprint density at radius 3 is 2.14 bits per heavy atom. The molecule has 230 valence electrons. The van der Waals surface area contributed by atoms with E-state index in [0.29, 0.717) is 5.56 Å². The van der Waals surface area contributed by atoms with Crippen molar-refractivity contribution in [2.24, 2.45) is 34.5 Å². The smallest absolute Gasteiger partial charge is 0.190 e. The van der Waals surface area contributed by atoms with Gasteiger partial charge < -0.3 is 10.2 Å². The molecule has 2 fully saturated rings. The second-order valence-corrected chi connectivity index (χ2v) is 14.3. The molecule has 0 spiro atoms. The summed E-state index contributed by atoms with van der Waals surface area (Å²) in [6.45, 7) is 13.9. The molecule has 2 saturated carbocycles. The van der Waals surface area contributed by atoms with E-state index in [2.05, 4.69) is 11.8 Å². The number of benzene rings is 2. The lowest BCUT2D eigenvalue weighted by atomic mass is 9.39. The zero-order chi connectivity index (χ0) is 32.7. The van der Waals surface area contributed by atoms with Gasteiger partial charge in [-0.15, -0.1) is 0 Å². The molecule has 0 aliphatic heterocycles. The molecule has 7 nitrogen and oxygen atoms in total. The van der Waals surface area contributed by atoms with Crippen LogP contribution in [0.25, 0.3) is 0 Å². The third kappa shape index (κ3) is 4.25. The van der Waals surface area contributed by atoms with Gasteiger partial charge in [0, 0.05) is 16.9 Å². The van der Waals surface area contributed by atoms with Crippen LogP contribution in [0.5, 0.6) is 5.75 Å². The molecule has 2 N–H and O–H groups in total. The van der Waals surface area contributed by atoms with Gasteiger partial charge in [0.2, 0.25) is 0 Å². The highest BCUT2D eigenvalue weighted by molar-refractivity contribution is 6.32. The largest absolute Gasteiger partial charge is 0.506 e. The van der Waals surface area contributed by atoms with E-state index in [4.69, 9.17) is 0 Å². The van der Waals surface area contributed by atoms with Crippen molar-refractivity contribution in [3.63, 3.8) is 0 Å². The van der Waals surface area contributed by atoms with E-state index in [-0.39, 0.29) is 35.6 Å². The highest BCUT2D eigenvalue weighted by atomic mass is 16.3. The minimum Gasteiger partial charge on any atom is -0.506 e. The number of phenolic OH excluding ortho intramolecular Hbond substituents is 1. The zero-order valence-electron chi connectivity index (χ0n) is 26.6. The molecular weight excluding hydrogens is 556 g/mol. The quantitative estimate of drug-likeness (QED) is 0.380. The molecule has 6 atom stereocenters. The number of Topliss-reactive ketones (excluding diaryl/α,β-unsaturated/α-hetero) is 5. The number of aryl methyl sites for hydroxylation is 1. The first-order valence-corrected chi connectivity index (χ1v) is 15.3. The number of carbonyl (C=O) groups is 5. The van der Waals surface area contributed by atoms with Gasteiger partial charge in [0.1, 0.15) is 17.5 Å². The van der Waals surface area contributed by atoms with Crippen molar-refractivity contribution in [2.45, 2.75) is 79.8 Å². The normalized spacial score (nSPS) is 31.3. The topological polar surface area (TPSA) is 126 Å². The van der Waals surface area contributed by atoms with Crippen LogP contribution in [0.4, 0.5) is 0 Å². The van der Waals surface area contributed by atoms with Crippen molar-refractivity contribution < 1.29 is 34.2 Å².